The number of benzene rings is 2. The Balaban J connectivity index is 1.51. The molecule has 1 atom stereocenters. The molecule has 0 aliphatic rings. The second-order valence-corrected chi connectivity index (χ2v) is 6.74. The molecule has 0 fully saturated rings. The minimum atomic E-state index is -0.291. The van der Waals surface area contributed by atoms with E-state index in [0.717, 1.165) is 5.56 Å². The third-order valence-electron chi connectivity index (χ3n) is 3.99. The first-order valence-electron chi connectivity index (χ1n) is 8.20. The van der Waals surface area contributed by atoms with Crippen molar-refractivity contribution in [1.82, 2.24) is 15.5 Å². The first kappa shape index (κ1) is 16.6. The lowest BCUT2D eigenvalue weighted by Crippen LogP contribution is -2.21. The number of nitrogens with one attached hydrogen (secondary N) is 1. The van der Waals surface area contributed by atoms with E-state index in [2.05, 4.69) is 39.0 Å². The van der Waals surface area contributed by atoms with Crippen LogP contribution in [0.4, 0.5) is 4.39 Å². The van der Waals surface area contributed by atoms with Gasteiger partial charge in [0.05, 0.1) is 12.6 Å². The van der Waals surface area contributed by atoms with Crippen LogP contribution in [0.5, 0.6) is 0 Å². The van der Waals surface area contributed by atoms with Gasteiger partial charge in [-0.2, -0.15) is 4.98 Å². The molecule has 0 saturated carbocycles. The highest BCUT2D eigenvalue weighted by Crippen LogP contribution is 2.26. The quantitative estimate of drug-likeness (QED) is 0.532. The van der Waals surface area contributed by atoms with Crippen molar-refractivity contribution in [2.75, 3.05) is 0 Å². The summed E-state index contributed by atoms with van der Waals surface area (Å²) < 4.78 is 18.4. The number of nitrogens with zero attached hydrogens (tertiary/aromatic N) is 2. The SMILES string of the molecule is Fc1ccc(-c2noc(CN[C@H](c3ccccc3)c3cccs3)n2)cc1. The van der Waals surface area contributed by atoms with Gasteiger partial charge in [0.2, 0.25) is 11.7 Å². The fraction of sp³-hybridized carbons (Fsp3) is 0.100. The maximum Gasteiger partial charge on any atom is 0.240 e. The maximum absolute atomic E-state index is 13.0. The number of halogens is 1. The minimum Gasteiger partial charge on any atom is -0.338 e. The van der Waals surface area contributed by atoms with Gasteiger partial charge in [-0.05, 0) is 41.3 Å². The zero-order valence-electron chi connectivity index (χ0n) is 13.8. The largest absolute Gasteiger partial charge is 0.338 e. The highest BCUT2D eigenvalue weighted by molar-refractivity contribution is 7.10. The predicted molar refractivity (Wildman–Crippen MR) is 99.1 cm³/mol. The number of rotatable bonds is 6. The molecule has 0 bridgehead atoms. The van der Waals surface area contributed by atoms with Crippen LogP contribution in [0.15, 0.2) is 76.6 Å². The molecule has 2 aromatic heterocycles. The summed E-state index contributed by atoms with van der Waals surface area (Å²) in [5, 5.41) is 9.53. The Morgan fingerprint density at radius 3 is 2.54 bits per heavy atom. The maximum atomic E-state index is 13.0. The summed E-state index contributed by atoms with van der Waals surface area (Å²) in [6, 6.07) is 20.5. The molecule has 0 saturated heterocycles. The molecule has 4 rings (SSSR count). The normalized spacial score (nSPS) is 12.2. The Hall–Kier alpha value is -2.83. The average Bonchev–Trinajstić information content (AvgIpc) is 3.36. The second-order valence-electron chi connectivity index (χ2n) is 5.76. The van der Waals surface area contributed by atoms with E-state index < -0.39 is 0 Å². The lowest BCUT2D eigenvalue weighted by Gasteiger charge is -2.16. The van der Waals surface area contributed by atoms with Crippen LogP contribution in [0.2, 0.25) is 0 Å². The van der Waals surface area contributed by atoms with Crippen LogP contribution in [-0.4, -0.2) is 10.1 Å². The molecule has 26 heavy (non-hydrogen) atoms. The summed E-state index contributed by atoms with van der Waals surface area (Å²) in [5.74, 6) is 0.650. The number of thiophene rings is 1. The van der Waals surface area contributed by atoms with Crippen LogP contribution < -0.4 is 5.32 Å². The van der Waals surface area contributed by atoms with Gasteiger partial charge < -0.3 is 4.52 Å². The molecule has 1 N–H and O–H groups in total. The molecular formula is C20H16FN3OS. The summed E-state index contributed by atoms with van der Waals surface area (Å²) >= 11 is 1.70. The molecule has 0 unspecified atom stereocenters. The lowest BCUT2D eigenvalue weighted by atomic mass is 10.1. The van der Waals surface area contributed by atoms with Crippen LogP contribution in [0.25, 0.3) is 11.4 Å². The van der Waals surface area contributed by atoms with E-state index in [-0.39, 0.29) is 11.9 Å². The predicted octanol–water partition coefficient (Wildman–Crippen LogP) is 4.82. The first-order chi connectivity index (χ1) is 12.8. The molecule has 2 aromatic carbocycles. The monoisotopic (exact) mass is 365 g/mol. The Morgan fingerprint density at radius 2 is 1.81 bits per heavy atom. The highest BCUT2D eigenvalue weighted by Gasteiger charge is 2.16. The van der Waals surface area contributed by atoms with E-state index >= 15 is 0 Å². The smallest absolute Gasteiger partial charge is 0.240 e. The van der Waals surface area contributed by atoms with E-state index in [1.807, 2.05) is 24.3 Å². The third kappa shape index (κ3) is 3.71. The standard InChI is InChI=1S/C20H16FN3OS/c21-16-10-8-15(9-11-16)20-23-18(25-24-20)13-22-19(17-7-4-12-26-17)14-5-2-1-3-6-14/h1-12,19,22H,13H2/t19-/m1/s1. The van der Waals surface area contributed by atoms with E-state index in [0.29, 0.717) is 18.3 Å². The van der Waals surface area contributed by atoms with E-state index in [4.69, 9.17) is 4.52 Å². The van der Waals surface area contributed by atoms with Crippen LogP contribution in [0.1, 0.15) is 22.4 Å². The van der Waals surface area contributed by atoms with Crippen molar-refractivity contribution in [3.63, 3.8) is 0 Å². The zero-order chi connectivity index (χ0) is 17.8. The molecule has 0 amide bonds. The van der Waals surface area contributed by atoms with Gasteiger partial charge in [0.15, 0.2) is 0 Å². The van der Waals surface area contributed by atoms with Crippen molar-refractivity contribution in [3.05, 3.63) is 94.3 Å². The fourth-order valence-electron chi connectivity index (χ4n) is 2.72. The zero-order valence-corrected chi connectivity index (χ0v) is 14.6. The molecule has 130 valence electrons. The van der Waals surface area contributed by atoms with Crippen molar-refractivity contribution in [2.24, 2.45) is 0 Å². The average molecular weight is 365 g/mol. The Morgan fingerprint density at radius 1 is 1.00 bits per heavy atom. The minimum absolute atomic E-state index is 0.0531. The molecule has 4 aromatic rings. The van der Waals surface area contributed by atoms with Gasteiger partial charge >= 0.3 is 0 Å². The topological polar surface area (TPSA) is 51.0 Å². The van der Waals surface area contributed by atoms with E-state index in [1.165, 1.54) is 22.6 Å². The summed E-state index contributed by atoms with van der Waals surface area (Å²) in [6.07, 6.45) is 0. The fourth-order valence-corrected chi connectivity index (χ4v) is 3.54. The lowest BCUT2D eigenvalue weighted by molar-refractivity contribution is 0.363. The number of hydrogen-bond acceptors (Lipinski definition) is 5. The Kier molecular flexibility index (Phi) is 4.86. The Labute approximate surface area is 154 Å². The number of aromatic nitrogens is 2. The summed E-state index contributed by atoms with van der Waals surface area (Å²) in [6.45, 7) is 0.436. The van der Waals surface area contributed by atoms with Gasteiger partial charge in [0, 0.05) is 10.4 Å². The van der Waals surface area contributed by atoms with E-state index in [1.54, 1.807) is 23.5 Å². The molecule has 0 spiro atoms. The first-order valence-corrected chi connectivity index (χ1v) is 9.08. The van der Waals surface area contributed by atoms with Crippen LogP contribution >= 0.6 is 11.3 Å². The van der Waals surface area contributed by atoms with Gasteiger partial charge in [0.25, 0.3) is 0 Å². The van der Waals surface area contributed by atoms with Crippen LogP contribution in [0, 0.1) is 5.82 Å². The molecule has 4 nitrogen and oxygen atoms in total. The summed E-state index contributed by atoms with van der Waals surface area (Å²) in [4.78, 5) is 5.61. The van der Waals surface area contributed by atoms with Gasteiger partial charge in [-0.1, -0.05) is 41.6 Å². The molecule has 6 heteroatoms. The third-order valence-corrected chi connectivity index (χ3v) is 4.93. The molecule has 2 heterocycles. The van der Waals surface area contributed by atoms with Crippen LogP contribution in [0.3, 0.4) is 0 Å². The van der Waals surface area contributed by atoms with Gasteiger partial charge in [-0.25, -0.2) is 4.39 Å². The van der Waals surface area contributed by atoms with Gasteiger partial charge in [0.1, 0.15) is 5.82 Å². The van der Waals surface area contributed by atoms with Crippen molar-refractivity contribution in [2.45, 2.75) is 12.6 Å². The van der Waals surface area contributed by atoms with Crippen molar-refractivity contribution >= 4 is 11.3 Å². The summed E-state index contributed by atoms with van der Waals surface area (Å²) in [5.41, 5.74) is 1.90. The number of hydrogen-bond donors (Lipinski definition) is 1. The second kappa shape index (κ2) is 7.59. The van der Waals surface area contributed by atoms with Crippen molar-refractivity contribution in [1.29, 1.82) is 0 Å². The van der Waals surface area contributed by atoms with Gasteiger partial charge in [-0.3, -0.25) is 5.32 Å². The van der Waals surface area contributed by atoms with E-state index in [9.17, 15) is 4.39 Å². The van der Waals surface area contributed by atoms with Crippen molar-refractivity contribution in [3.8, 4) is 11.4 Å². The molecular weight excluding hydrogens is 349 g/mol. The summed E-state index contributed by atoms with van der Waals surface area (Å²) in [7, 11) is 0. The van der Waals surface area contributed by atoms with Crippen molar-refractivity contribution < 1.29 is 8.91 Å². The van der Waals surface area contributed by atoms with Gasteiger partial charge in [-0.15, -0.1) is 11.3 Å². The Bertz CT molecular complexity index is 952. The molecule has 0 radical (unpaired) electrons. The molecule has 0 aliphatic heterocycles. The van der Waals surface area contributed by atoms with Crippen LogP contribution in [-0.2, 0) is 6.54 Å². The highest BCUT2D eigenvalue weighted by atomic mass is 32.1. The molecule has 0 aliphatic carbocycles.